The molecule has 0 N–H and O–H groups in total. The summed E-state index contributed by atoms with van der Waals surface area (Å²) in [5.41, 5.74) is 2.22. The van der Waals surface area contributed by atoms with Gasteiger partial charge in [0.1, 0.15) is 5.76 Å². The number of rotatable bonds is 0. The fourth-order valence-corrected chi connectivity index (χ4v) is 3.20. The number of hydrogen-bond donors (Lipinski definition) is 0. The molecule has 0 saturated carbocycles. The van der Waals surface area contributed by atoms with Crippen LogP contribution >= 0.6 is 0 Å². The van der Waals surface area contributed by atoms with Gasteiger partial charge in [0.05, 0.1) is 0 Å². The summed E-state index contributed by atoms with van der Waals surface area (Å²) in [6.07, 6.45) is 5.50. The molecule has 1 aliphatic heterocycles. The summed E-state index contributed by atoms with van der Waals surface area (Å²) < 4.78 is 5.35. The van der Waals surface area contributed by atoms with Crippen LogP contribution in [-0.2, 0) is 9.53 Å². The Labute approximate surface area is 90.0 Å². The third kappa shape index (κ3) is 1.14. The standard InChI is InChI=1S/C13H16O2/c1-7-4-6-10-12-9(7)5-3-8(2)11(12)13(14)15-10/h6-9H,3-5H2,1-2H3/t7-,8-,9+/m0/s1. The minimum Gasteiger partial charge on any atom is -0.423 e. The van der Waals surface area contributed by atoms with Crippen molar-refractivity contribution in [1.29, 1.82) is 0 Å². The van der Waals surface area contributed by atoms with Gasteiger partial charge in [0.15, 0.2) is 0 Å². The van der Waals surface area contributed by atoms with Crippen LogP contribution in [0.25, 0.3) is 0 Å². The predicted molar refractivity (Wildman–Crippen MR) is 56.9 cm³/mol. The Balaban J connectivity index is 2.17. The van der Waals surface area contributed by atoms with E-state index in [2.05, 4.69) is 19.9 Å². The molecular weight excluding hydrogens is 188 g/mol. The van der Waals surface area contributed by atoms with Crippen molar-refractivity contribution in [3.8, 4) is 0 Å². The molecule has 0 radical (unpaired) electrons. The first-order valence-electron chi connectivity index (χ1n) is 5.85. The van der Waals surface area contributed by atoms with Crippen LogP contribution < -0.4 is 0 Å². The largest absolute Gasteiger partial charge is 0.423 e. The van der Waals surface area contributed by atoms with E-state index in [9.17, 15) is 4.79 Å². The Bertz CT molecular complexity index is 389. The third-order valence-electron chi connectivity index (χ3n) is 4.11. The van der Waals surface area contributed by atoms with Crippen LogP contribution in [0.15, 0.2) is 23.0 Å². The summed E-state index contributed by atoms with van der Waals surface area (Å²) in [5.74, 6) is 2.43. The molecule has 0 aromatic rings. The fraction of sp³-hybridized carbons (Fsp3) is 0.615. The second kappa shape index (κ2) is 2.97. The highest BCUT2D eigenvalue weighted by Crippen LogP contribution is 2.49. The molecule has 3 rings (SSSR count). The van der Waals surface area contributed by atoms with Crippen LogP contribution in [0.1, 0.15) is 33.1 Å². The second-order valence-electron chi connectivity index (χ2n) is 5.08. The molecule has 0 amide bonds. The van der Waals surface area contributed by atoms with Gasteiger partial charge >= 0.3 is 5.97 Å². The van der Waals surface area contributed by atoms with E-state index in [-0.39, 0.29) is 5.97 Å². The van der Waals surface area contributed by atoms with Crippen molar-refractivity contribution >= 4 is 5.97 Å². The predicted octanol–water partition coefficient (Wildman–Crippen LogP) is 2.81. The van der Waals surface area contributed by atoms with Gasteiger partial charge < -0.3 is 4.74 Å². The molecule has 80 valence electrons. The molecule has 0 unspecified atom stereocenters. The highest BCUT2D eigenvalue weighted by Gasteiger charge is 2.43. The first kappa shape index (κ1) is 9.20. The van der Waals surface area contributed by atoms with E-state index in [1.807, 2.05) is 0 Å². The van der Waals surface area contributed by atoms with Crippen LogP contribution in [0.2, 0.25) is 0 Å². The van der Waals surface area contributed by atoms with Crippen molar-refractivity contribution in [3.05, 3.63) is 23.0 Å². The van der Waals surface area contributed by atoms with Crippen LogP contribution in [-0.4, -0.2) is 5.97 Å². The summed E-state index contributed by atoms with van der Waals surface area (Å²) in [6, 6.07) is 0. The molecule has 2 heteroatoms. The molecule has 3 aliphatic rings. The van der Waals surface area contributed by atoms with Crippen molar-refractivity contribution in [2.75, 3.05) is 0 Å². The highest BCUT2D eigenvalue weighted by atomic mass is 16.5. The number of esters is 1. The van der Waals surface area contributed by atoms with Gasteiger partial charge in [-0.1, -0.05) is 13.8 Å². The number of carbonyl (C=O) groups excluding carboxylic acids is 1. The maximum atomic E-state index is 11.7. The molecule has 0 aromatic carbocycles. The number of hydrogen-bond acceptors (Lipinski definition) is 2. The zero-order valence-electron chi connectivity index (χ0n) is 9.25. The molecular formula is C13H16O2. The van der Waals surface area contributed by atoms with Crippen molar-refractivity contribution in [2.45, 2.75) is 33.1 Å². The normalized spacial score (nSPS) is 38.7. The maximum absolute atomic E-state index is 11.7. The minimum atomic E-state index is -0.0810. The van der Waals surface area contributed by atoms with Crippen molar-refractivity contribution in [1.82, 2.24) is 0 Å². The van der Waals surface area contributed by atoms with E-state index in [4.69, 9.17) is 4.74 Å². The van der Waals surface area contributed by atoms with Crippen LogP contribution in [0.5, 0.6) is 0 Å². The topological polar surface area (TPSA) is 26.3 Å². The average molecular weight is 204 g/mol. The third-order valence-corrected chi connectivity index (χ3v) is 4.11. The molecule has 2 aliphatic carbocycles. The Kier molecular flexibility index (Phi) is 1.82. The summed E-state index contributed by atoms with van der Waals surface area (Å²) in [6.45, 7) is 4.42. The highest BCUT2D eigenvalue weighted by molar-refractivity contribution is 5.95. The summed E-state index contributed by atoms with van der Waals surface area (Å²) in [5, 5.41) is 0. The lowest BCUT2D eigenvalue weighted by Gasteiger charge is -2.33. The fourth-order valence-electron chi connectivity index (χ4n) is 3.20. The molecule has 0 aromatic heterocycles. The maximum Gasteiger partial charge on any atom is 0.340 e. The van der Waals surface area contributed by atoms with Gasteiger partial charge in [-0.3, -0.25) is 0 Å². The van der Waals surface area contributed by atoms with E-state index in [1.54, 1.807) is 0 Å². The molecule has 2 nitrogen and oxygen atoms in total. The zero-order chi connectivity index (χ0) is 10.6. The average Bonchev–Trinajstić information content (AvgIpc) is 2.54. The van der Waals surface area contributed by atoms with Crippen molar-refractivity contribution in [2.24, 2.45) is 17.8 Å². The van der Waals surface area contributed by atoms with Crippen molar-refractivity contribution in [3.63, 3.8) is 0 Å². The van der Waals surface area contributed by atoms with E-state index < -0.39 is 0 Å². The molecule has 0 fully saturated rings. The molecule has 3 atom stereocenters. The van der Waals surface area contributed by atoms with Gasteiger partial charge in [0.25, 0.3) is 0 Å². The zero-order valence-corrected chi connectivity index (χ0v) is 9.25. The van der Waals surface area contributed by atoms with Gasteiger partial charge in [-0.15, -0.1) is 0 Å². The van der Waals surface area contributed by atoms with Gasteiger partial charge in [-0.2, -0.15) is 0 Å². The van der Waals surface area contributed by atoms with Gasteiger partial charge in [-0.25, -0.2) is 4.79 Å². The van der Waals surface area contributed by atoms with Gasteiger partial charge in [0, 0.05) is 11.1 Å². The lowest BCUT2D eigenvalue weighted by Crippen LogP contribution is -2.25. The summed E-state index contributed by atoms with van der Waals surface area (Å²) in [4.78, 5) is 11.7. The smallest absolute Gasteiger partial charge is 0.340 e. The van der Waals surface area contributed by atoms with Gasteiger partial charge in [0.2, 0.25) is 0 Å². The lowest BCUT2D eigenvalue weighted by molar-refractivity contribution is -0.133. The van der Waals surface area contributed by atoms with Crippen molar-refractivity contribution < 1.29 is 9.53 Å². The minimum absolute atomic E-state index is 0.0810. The van der Waals surface area contributed by atoms with E-state index in [0.717, 1.165) is 24.2 Å². The Morgan fingerprint density at radius 1 is 1.27 bits per heavy atom. The SMILES string of the molecule is C[C@H]1CC[C@H]2C3=C1C(=O)OC3=CC[C@@H]2C. The summed E-state index contributed by atoms with van der Waals surface area (Å²) >= 11 is 0. The Morgan fingerprint density at radius 2 is 2.07 bits per heavy atom. The molecule has 15 heavy (non-hydrogen) atoms. The van der Waals surface area contributed by atoms with Gasteiger partial charge in [-0.05, 0) is 43.1 Å². The molecule has 0 bridgehead atoms. The summed E-state index contributed by atoms with van der Waals surface area (Å²) in [7, 11) is 0. The number of ether oxygens (including phenoxy) is 1. The lowest BCUT2D eigenvalue weighted by atomic mass is 9.69. The molecule has 0 spiro atoms. The van der Waals surface area contributed by atoms with E-state index in [0.29, 0.717) is 17.8 Å². The monoisotopic (exact) mass is 204 g/mol. The Morgan fingerprint density at radius 3 is 2.87 bits per heavy atom. The molecule has 1 heterocycles. The van der Waals surface area contributed by atoms with Crippen LogP contribution in [0, 0.1) is 17.8 Å². The number of carbonyl (C=O) groups is 1. The first-order valence-corrected chi connectivity index (χ1v) is 5.85. The first-order chi connectivity index (χ1) is 7.18. The van der Waals surface area contributed by atoms with E-state index >= 15 is 0 Å². The molecule has 0 saturated heterocycles. The quantitative estimate of drug-likeness (QED) is 0.567. The van der Waals surface area contributed by atoms with Crippen LogP contribution in [0.4, 0.5) is 0 Å². The second-order valence-corrected chi connectivity index (χ2v) is 5.08. The van der Waals surface area contributed by atoms with Crippen LogP contribution in [0.3, 0.4) is 0 Å². The number of allylic oxidation sites excluding steroid dienone is 2. The van der Waals surface area contributed by atoms with E-state index in [1.165, 1.54) is 12.0 Å². The Hall–Kier alpha value is -1.05.